The molecule has 1 rings (SSSR count). The molecule has 0 saturated carbocycles. The van der Waals surface area contributed by atoms with Crippen LogP contribution in [0.3, 0.4) is 0 Å². The molecule has 0 heterocycles. The zero-order valence-corrected chi connectivity index (χ0v) is 17.3. The number of primary amides is 1. The van der Waals surface area contributed by atoms with Gasteiger partial charge in [0.05, 0.1) is 5.56 Å². The van der Waals surface area contributed by atoms with Crippen LogP contribution in [0.1, 0.15) is 62.2 Å². The highest BCUT2D eigenvalue weighted by molar-refractivity contribution is 8.13. The molecular formula is C19H28ClN3O3S. The molecule has 0 bridgehead atoms. The van der Waals surface area contributed by atoms with E-state index in [0.29, 0.717) is 22.0 Å². The number of amides is 3. The molecule has 0 aliphatic heterocycles. The highest BCUT2D eigenvalue weighted by Gasteiger charge is 2.15. The van der Waals surface area contributed by atoms with E-state index in [2.05, 4.69) is 17.6 Å². The van der Waals surface area contributed by atoms with Gasteiger partial charge in [-0.25, -0.2) is 0 Å². The molecule has 0 aliphatic carbocycles. The highest BCUT2D eigenvalue weighted by atomic mass is 35.5. The molecule has 0 aromatic heterocycles. The van der Waals surface area contributed by atoms with Gasteiger partial charge in [0, 0.05) is 29.4 Å². The molecule has 0 fully saturated rings. The van der Waals surface area contributed by atoms with Gasteiger partial charge in [0.15, 0.2) is 0 Å². The third-order valence-electron chi connectivity index (χ3n) is 3.85. The SMILES string of the molecule is CCCCCCCCNC(=O)Sc1ccc(Cl)cc1C(=O)NCCC(N)=O. The Morgan fingerprint density at radius 1 is 1.04 bits per heavy atom. The first kappa shape index (κ1) is 23.3. The van der Waals surface area contributed by atoms with Crippen LogP contribution in [0.2, 0.25) is 5.02 Å². The Bertz CT molecular complexity index is 641. The van der Waals surface area contributed by atoms with Gasteiger partial charge in [-0.15, -0.1) is 0 Å². The average Bonchev–Trinajstić information content (AvgIpc) is 2.62. The molecule has 27 heavy (non-hydrogen) atoms. The van der Waals surface area contributed by atoms with Crippen molar-refractivity contribution in [2.45, 2.75) is 56.8 Å². The van der Waals surface area contributed by atoms with Crippen LogP contribution in [0, 0.1) is 0 Å². The van der Waals surface area contributed by atoms with E-state index >= 15 is 0 Å². The number of nitrogens with two attached hydrogens (primary N) is 1. The second-order valence-corrected chi connectivity index (χ2v) is 7.65. The van der Waals surface area contributed by atoms with Gasteiger partial charge in [-0.05, 0) is 36.4 Å². The van der Waals surface area contributed by atoms with Gasteiger partial charge in [-0.1, -0.05) is 50.6 Å². The Morgan fingerprint density at radius 2 is 1.74 bits per heavy atom. The number of halogens is 1. The summed E-state index contributed by atoms with van der Waals surface area (Å²) in [5, 5.41) is 5.65. The average molecular weight is 414 g/mol. The minimum absolute atomic E-state index is 0.0491. The molecule has 0 radical (unpaired) electrons. The Balaban J connectivity index is 2.50. The molecular weight excluding hydrogens is 386 g/mol. The number of thioether (sulfide) groups is 1. The maximum Gasteiger partial charge on any atom is 0.283 e. The number of carbonyl (C=O) groups excluding carboxylic acids is 3. The van der Waals surface area contributed by atoms with Crippen molar-refractivity contribution in [3.63, 3.8) is 0 Å². The lowest BCUT2D eigenvalue weighted by atomic mass is 10.1. The lowest BCUT2D eigenvalue weighted by Gasteiger charge is -2.10. The van der Waals surface area contributed by atoms with Crippen molar-refractivity contribution in [3.05, 3.63) is 28.8 Å². The van der Waals surface area contributed by atoms with E-state index in [1.807, 2.05) is 0 Å². The molecule has 1 aromatic rings. The van der Waals surface area contributed by atoms with Gasteiger partial charge in [-0.3, -0.25) is 14.4 Å². The van der Waals surface area contributed by atoms with E-state index in [1.54, 1.807) is 12.1 Å². The molecule has 1 aromatic carbocycles. The monoisotopic (exact) mass is 413 g/mol. The second-order valence-electron chi connectivity index (χ2n) is 6.20. The number of carbonyl (C=O) groups is 3. The van der Waals surface area contributed by atoms with Crippen LogP contribution in [0.25, 0.3) is 0 Å². The maximum atomic E-state index is 12.3. The van der Waals surface area contributed by atoms with Crippen LogP contribution in [-0.4, -0.2) is 30.1 Å². The van der Waals surface area contributed by atoms with Crippen molar-refractivity contribution >= 4 is 40.4 Å². The summed E-state index contributed by atoms with van der Waals surface area (Å²) in [6.07, 6.45) is 6.97. The van der Waals surface area contributed by atoms with Crippen LogP contribution < -0.4 is 16.4 Å². The van der Waals surface area contributed by atoms with Gasteiger partial charge in [0.1, 0.15) is 0 Å². The fourth-order valence-electron chi connectivity index (χ4n) is 2.39. The third kappa shape index (κ3) is 10.2. The lowest BCUT2D eigenvalue weighted by Crippen LogP contribution is -2.28. The topological polar surface area (TPSA) is 101 Å². The summed E-state index contributed by atoms with van der Waals surface area (Å²) in [5.74, 6) is -0.893. The maximum absolute atomic E-state index is 12.3. The normalized spacial score (nSPS) is 10.4. The summed E-state index contributed by atoms with van der Waals surface area (Å²) in [7, 11) is 0. The zero-order valence-electron chi connectivity index (χ0n) is 15.7. The predicted octanol–water partition coefficient (Wildman–Crippen LogP) is 4.11. The molecule has 4 N–H and O–H groups in total. The van der Waals surface area contributed by atoms with E-state index in [0.717, 1.165) is 24.6 Å². The zero-order chi connectivity index (χ0) is 20.1. The molecule has 0 spiro atoms. The largest absolute Gasteiger partial charge is 0.370 e. The van der Waals surface area contributed by atoms with Crippen LogP contribution in [0.5, 0.6) is 0 Å². The number of nitrogens with one attached hydrogen (secondary N) is 2. The van der Waals surface area contributed by atoms with Crippen LogP contribution in [0.15, 0.2) is 23.1 Å². The first-order valence-corrected chi connectivity index (χ1v) is 10.4. The quantitative estimate of drug-likeness (QED) is 0.354. The van der Waals surface area contributed by atoms with E-state index in [1.165, 1.54) is 31.7 Å². The van der Waals surface area contributed by atoms with Crippen molar-refractivity contribution < 1.29 is 14.4 Å². The van der Waals surface area contributed by atoms with E-state index in [-0.39, 0.29) is 18.2 Å². The summed E-state index contributed by atoms with van der Waals surface area (Å²) in [6.45, 7) is 2.93. The molecule has 8 heteroatoms. The minimum atomic E-state index is -0.495. The number of hydrogen-bond donors (Lipinski definition) is 3. The van der Waals surface area contributed by atoms with Gasteiger partial charge in [-0.2, -0.15) is 0 Å². The summed E-state index contributed by atoms with van der Waals surface area (Å²) in [5.41, 5.74) is 5.36. The molecule has 0 unspecified atom stereocenters. The third-order valence-corrected chi connectivity index (χ3v) is 4.99. The van der Waals surface area contributed by atoms with Gasteiger partial charge in [0.25, 0.3) is 11.1 Å². The minimum Gasteiger partial charge on any atom is -0.370 e. The Kier molecular flexibility index (Phi) is 11.6. The molecule has 0 aliphatic rings. The first-order chi connectivity index (χ1) is 12.9. The smallest absolute Gasteiger partial charge is 0.283 e. The molecule has 150 valence electrons. The van der Waals surface area contributed by atoms with Gasteiger partial charge >= 0.3 is 0 Å². The molecule has 0 atom stereocenters. The highest BCUT2D eigenvalue weighted by Crippen LogP contribution is 2.26. The molecule has 3 amide bonds. The van der Waals surface area contributed by atoms with Crippen LogP contribution in [0.4, 0.5) is 4.79 Å². The van der Waals surface area contributed by atoms with E-state index in [4.69, 9.17) is 17.3 Å². The van der Waals surface area contributed by atoms with Crippen molar-refractivity contribution in [2.75, 3.05) is 13.1 Å². The molecule has 0 saturated heterocycles. The number of hydrogen-bond acceptors (Lipinski definition) is 4. The van der Waals surface area contributed by atoms with Crippen LogP contribution in [-0.2, 0) is 4.79 Å². The summed E-state index contributed by atoms with van der Waals surface area (Å²) >= 11 is 6.93. The van der Waals surface area contributed by atoms with Gasteiger partial charge < -0.3 is 16.4 Å². The summed E-state index contributed by atoms with van der Waals surface area (Å²) in [6, 6.07) is 4.77. The summed E-state index contributed by atoms with van der Waals surface area (Å²) < 4.78 is 0. The predicted molar refractivity (Wildman–Crippen MR) is 110 cm³/mol. The van der Waals surface area contributed by atoms with Crippen molar-refractivity contribution in [1.82, 2.24) is 10.6 Å². The fraction of sp³-hybridized carbons (Fsp3) is 0.526. The second kappa shape index (κ2) is 13.4. The van der Waals surface area contributed by atoms with E-state index < -0.39 is 11.8 Å². The standard InChI is InChI=1S/C19H28ClN3O3S/c1-2-3-4-5-6-7-11-23-19(26)27-16-9-8-14(20)13-15(16)18(25)22-12-10-17(21)24/h8-9,13H,2-7,10-12H2,1H3,(H2,21,24)(H,22,25)(H,23,26). The van der Waals surface area contributed by atoms with E-state index in [9.17, 15) is 14.4 Å². The van der Waals surface area contributed by atoms with Crippen molar-refractivity contribution in [2.24, 2.45) is 5.73 Å². The Labute approximate surface area is 170 Å². The Hall–Kier alpha value is -1.73. The van der Waals surface area contributed by atoms with Crippen molar-refractivity contribution in [1.29, 1.82) is 0 Å². The van der Waals surface area contributed by atoms with Gasteiger partial charge in [0.2, 0.25) is 5.91 Å². The number of unbranched alkanes of at least 4 members (excludes halogenated alkanes) is 5. The first-order valence-electron chi connectivity index (χ1n) is 9.25. The number of benzene rings is 1. The Morgan fingerprint density at radius 3 is 2.44 bits per heavy atom. The van der Waals surface area contributed by atoms with Crippen LogP contribution >= 0.6 is 23.4 Å². The van der Waals surface area contributed by atoms with Crippen molar-refractivity contribution in [3.8, 4) is 0 Å². The molecule has 6 nitrogen and oxygen atoms in total. The fourth-order valence-corrected chi connectivity index (χ4v) is 3.34. The summed E-state index contributed by atoms with van der Waals surface area (Å²) in [4.78, 5) is 35.7. The lowest BCUT2D eigenvalue weighted by molar-refractivity contribution is -0.117. The number of rotatable bonds is 12.